The van der Waals surface area contributed by atoms with Gasteiger partial charge in [0.25, 0.3) is 5.89 Å². The Morgan fingerprint density at radius 2 is 1.67 bits per heavy atom. The number of para-hydroxylation sites is 2. The van der Waals surface area contributed by atoms with Gasteiger partial charge >= 0.3 is 12.0 Å². The summed E-state index contributed by atoms with van der Waals surface area (Å²) in [6.07, 6.45) is 0. The van der Waals surface area contributed by atoms with Gasteiger partial charge in [0.1, 0.15) is 5.58 Å². The average Bonchev–Trinajstić information content (AvgIpc) is 3.22. The van der Waals surface area contributed by atoms with Crippen LogP contribution in [0.25, 0.3) is 22.6 Å². The van der Waals surface area contributed by atoms with Gasteiger partial charge in [0.05, 0.1) is 0 Å². The smallest absolute Gasteiger partial charge is 0.327 e. The number of nitrogens with one attached hydrogen (secondary N) is 2. The Bertz CT molecular complexity index is 958. The van der Waals surface area contributed by atoms with Gasteiger partial charge in [-0.25, -0.2) is 4.79 Å². The first-order valence-corrected chi connectivity index (χ1v) is 7.23. The molecular weight excluding hydrogens is 308 g/mol. The Hall–Kier alpha value is -3.61. The van der Waals surface area contributed by atoms with E-state index in [0.717, 1.165) is 11.0 Å². The van der Waals surface area contributed by atoms with E-state index < -0.39 is 6.03 Å². The number of nitrogens with zero attached hydrogens (tertiary/aromatic N) is 2. The minimum atomic E-state index is -0.471. The van der Waals surface area contributed by atoms with Crippen molar-refractivity contribution >= 4 is 28.7 Å². The number of carbonyl (C=O) groups excluding carboxylic acids is 1. The molecule has 2 aromatic carbocycles. The SMILES string of the molecule is O=C(Nc1ccccc1)Nc1nnc(-c2cc3ccccc3o2)o1. The van der Waals surface area contributed by atoms with Crippen LogP contribution in [0.5, 0.6) is 0 Å². The van der Waals surface area contributed by atoms with Crippen LogP contribution in [0.2, 0.25) is 0 Å². The lowest BCUT2D eigenvalue weighted by molar-refractivity contribution is 0.261. The number of fused-ring (bicyclic) bond motifs is 1. The van der Waals surface area contributed by atoms with Gasteiger partial charge < -0.3 is 14.2 Å². The molecule has 0 aliphatic rings. The molecule has 0 unspecified atom stereocenters. The zero-order valence-electron chi connectivity index (χ0n) is 12.4. The van der Waals surface area contributed by atoms with Gasteiger partial charge in [-0.15, -0.1) is 5.10 Å². The molecule has 0 spiro atoms. The first-order valence-electron chi connectivity index (χ1n) is 7.23. The van der Waals surface area contributed by atoms with E-state index in [4.69, 9.17) is 8.83 Å². The Morgan fingerprint density at radius 3 is 2.50 bits per heavy atom. The molecule has 0 saturated heterocycles. The van der Waals surface area contributed by atoms with Crippen molar-refractivity contribution in [1.82, 2.24) is 10.2 Å². The van der Waals surface area contributed by atoms with Crippen LogP contribution in [0.1, 0.15) is 0 Å². The fraction of sp³-hybridized carbons (Fsp3) is 0. The quantitative estimate of drug-likeness (QED) is 0.592. The summed E-state index contributed by atoms with van der Waals surface area (Å²) in [5, 5.41) is 13.8. The highest BCUT2D eigenvalue weighted by molar-refractivity contribution is 5.98. The molecule has 0 atom stereocenters. The number of hydrogen-bond donors (Lipinski definition) is 2. The monoisotopic (exact) mass is 320 g/mol. The number of furan rings is 1. The number of anilines is 2. The summed E-state index contributed by atoms with van der Waals surface area (Å²) in [4.78, 5) is 11.9. The third-order valence-electron chi connectivity index (χ3n) is 3.31. The third kappa shape index (κ3) is 2.82. The van der Waals surface area contributed by atoms with Gasteiger partial charge in [0.2, 0.25) is 0 Å². The number of carbonyl (C=O) groups is 1. The first-order chi connectivity index (χ1) is 11.8. The standard InChI is InChI=1S/C17H12N4O3/c22-16(18-12-7-2-1-3-8-12)19-17-21-20-15(24-17)14-10-11-6-4-5-9-13(11)23-14/h1-10H,(H2,18,19,21,22). The van der Waals surface area contributed by atoms with Gasteiger partial charge in [-0.3, -0.25) is 5.32 Å². The molecule has 7 nitrogen and oxygen atoms in total. The lowest BCUT2D eigenvalue weighted by Gasteiger charge is -2.03. The van der Waals surface area contributed by atoms with Gasteiger partial charge in [-0.1, -0.05) is 41.5 Å². The second kappa shape index (κ2) is 5.88. The second-order valence-electron chi connectivity index (χ2n) is 5.01. The predicted octanol–water partition coefficient (Wildman–Crippen LogP) is 4.13. The van der Waals surface area contributed by atoms with Crippen LogP contribution in [0.3, 0.4) is 0 Å². The van der Waals surface area contributed by atoms with E-state index in [2.05, 4.69) is 20.8 Å². The number of amides is 2. The van der Waals surface area contributed by atoms with Crippen molar-refractivity contribution in [2.45, 2.75) is 0 Å². The summed E-state index contributed by atoms with van der Waals surface area (Å²) >= 11 is 0. The van der Waals surface area contributed by atoms with E-state index in [1.54, 1.807) is 18.2 Å². The lowest BCUT2D eigenvalue weighted by atomic mass is 10.2. The fourth-order valence-electron chi connectivity index (χ4n) is 2.24. The summed E-state index contributed by atoms with van der Waals surface area (Å²) in [5.74, 6) is 0.640. The number of hydrogen-bond acceptors (Lipinski definition) is 5. The molecule has 0 aliphatic heterocycles. The van der Waals surface area contributed by atoms with E-state index in [1.165, 1.54) is 0 Å². The molecule has 118 valence electrons. The van der Waals surface area contributed by atoms with Crippen molar-refractivity contribution in [1.29, 1.82) is 0 Å². The van der Waals surface area contributed by atoms with Crippen LogP contribution in [-0.2, 0) is 0 Å². The molecule has 2 amide bonds. The van der Waals surface area contributed by atoms with Crippen LogP contribution < -0.4 is 10.6 Å². The summed E-state index contributed by atoms with van der Waals surface area (Å²) in [6, 6.07) is 17.9. The molecule has 4 aromatic rings. The highest BCUT2D eigenvalue weighted by Gasteiger charge is 2.15. The summed E-state index contributed by atoms with van der Waals surface area (Å²) in [5.41, 5.74) is 1.38. The minimum absolute atomic E-state index is 0.0149. The largest absolute Gasteiger partial charge is 0.451 e. The van der Waals surface area contributed by atoms with Gasteiger partial charge in [-0.2, -0.15) is 0 Å². The molecule has 0 radical (unpaired) electrons. The maximum absolute atomic E-state index is 11.9. The Kier molecular flexibility index (Phi) is 3.43. The molecule has 0 aliphatic carbocycles. The molecule has 0 bridgehead atoms. The third-order valence-corrected chi connectivity index (χ3v) is 3.31. The van der Waals surface area contributed by atoms with Crippen molar-refractivity contribution in [3.8, 4) is 11.7 Å². The van der Waals surface area contributed by atoms with E-state index in [1.807, 2.05) is 42.5 Å². The molecule has 0 fully saturated rings. The van der Waals surface area contributed by atoms with Crippen LogP contribution in [0.4, 0.5) is 16.5 Å². The Balaban J connectivity index is 1.49. The van der Waals surface area contributed by atoms with E-state index in [9.17, 15) is 4.79 Å². The van der Waals surface area contributed by atoms with E-state index >= 15 is 0 Å². The Labute approximate surface area is 136 Å². The predicted molar refractivity (Wildman–Crippen MR) is 88.6 cm³/mol. The van der Waals surface area contributed by atoms with E-state index in [-0.39, 0.29) is 11.9 Å². The average molecular weight is 320 g/mol. The van der Waals surface area contributed by atoms with Crippen molar-refractivity contribution in [2.75, 3.05) is 10.6 Å². The van der Waals surface area contributed by atoms with Crippen LogP contribution >= 0.6 is 0 Å². The molecule has 2 aromatic heterocycles. The lowest BCUT2D eigenvalue weighted by Crippen LogP contribution is -2.19. The van der Waals surface area contributed by atoms with E-state index in [0.29, 0.717) is 11.4 Å². The molecule has 2 N–H and O–H groups in total. The maximum Gasteiger partial charge on any atom is 0.327 e. The highest BCUT2D eigenvalue weighted by atomic mass is 16.4. The molecule has 7 heteroatoms. The topological polar surface area (TPSA) is 93.2 Å². The molecular formula is C17H12N4O3. The van der Waals surface area contributed by atoms with Crippen LogP contribution in [-0.4, -0.2) is 16.2 Å². The van der Waals surface area contributed by atoms with Crippen molar-refractivity contribution in [2.24, 2.45) is 0 Å². The van der Waals surface area contributed by atoms with Crippen molar-refractivity contribution in [3.05, 3.63) is 60.7 Å². The number of urea groups is 1. The zero-order valence-corrected chi connectivity index (χ0v) is 12.4. The first kappa shape index (κ1) is 14.0. The van der Waals surface area contributed by atoms with Gasteiger partial charge in [-0.05, 0) is 24.3 Å². The van der Waals surface area contributed by atoms with Crippen LogP contribution in [0, 0.1) is 0 Å². The summed E-state index contributed by atoms with van der Waals surface area (Å²) < 4.78 is 11.1. The fourth-order valence-corrected chi connectivity index (χ4v) is 2.24. The van der Waals surface area contributed by atoms with Crippen molar-refractivity contribution < 1.29 is 13.6 Å². The number of aromatic nitrogens is 2. The molecule has 0 saturated carbocycles. The van der Waals surface area contributed by atoms with Crippen molar-refractivity contribution in [3.63, 3.8) is 0 Å². The number of rotatable bonds is 3. The minimum Gasteiger partial charge on any atom is -0.451 e. The second-order valence-corrected chi connectivity index (χ2v) is 5.01. The number of benzene rings is 2. The van der Waals surface area contributed by atoms with Gasteiger partial charge in [0.15, 0.2) is 5.76 Å². The highest BCUT2D eigenvalue weighted by Crippen LogP contribution is 2.27. The molecule has 2 heterocycles. The van der Waals surface area contributed by atoms with Crippen LogP contribution in [0.15, 0.2) is 69.5 Å². The maximum atomic E-state index is 11.9. The Morgan fingerprint density at radius 1 is 0.875 bits per heavy atom. The summed E-state index contributed by atoms with van der Waals surface area (Å²) in [6.45, 7) is 0. The summed E-state index contributed by atoms with van der Waals surface area (Å²) in [7, 11) is 0. The molecule has 24 heavy (non-hydrogen) atoms. The molecule has 4 rings (SSSR count). The zero-order chi connectivity index (χ0) is 16.4. The van der Waals surface area contributed by atoms with Gasteiger partial charge in [0, 0.05) is 11.1 Å². The normalized spacial score (nSPS) is 10.7.